The Labute approximate surface area is 157 Å². The van der Waals surface area contributed by atoms with Gasteiger partial charge in [-0.05, 0) is 54.2 Å². The summed E-state index contributed by atoms with van der Waals surface area (Å²) >= 11 is 3.98. The fourth-order valence-electron chi connectivity index (χ4n) is 2.61. The molecule has 1 heterocycles. The van der Waals surface area contributed by atoms with Crippen LogP contribution in [0, 0.1) is 0 Å². The number of ether oxygens (including phenoxy) is 1. The highest BCUT2D eigenvalue weighted by Gasteiger charge is 2.16. The van der Waals surface area contributed by atoms with Crippen LogP contribution in [0.2, 0.25) is 0 Å². The Balaban J connectivity index is 1.43. The second-order valence-electron chi connectivity index (χ2n) is 5.87. The Morgan fingerprint density at radius 1 is 1.08 bits per heavy atom. The van der Waals surface area contributed by atoms with Crippen LogP contribution in [0.25, 0.3) is 0 Å². The van der Waals surface area contributed by atoms with Crippen LogP contribution in [-0.2, 0) is 4.79 Å². The molecule has 0 aromatic heterocycles. The lowest BCUT2D eigenvalue weighted by molar-refractivity contribution is -0.116. The number of rotatable bonds is 7. The van der Waals surface area contributed by atoms with Crippen molar-refractivity contribution in [3.63, 3.8) is 0 Å². The number of anilines is 1. The lowest BCUT2D eigenvalue weighted by Gasteiger charge is -2.21. The van der Waals surface area contributed by atoms with Crippen molar-refractivity contribution in [3.05, 3.63) is 60.2 Å². The van der Waals surface area contributed by atoms with Gasteiger partial charge in [0.15, 0.2) is 0 Å². The summed E-state index contributed by atoms with van der Waals surface area (Å²) in [5.41, 5.74) is 2.18. The van der Waals surface area contributed by atoms with Crippen LogP contribution in [0.15, 0.2) is 54.6 Å². The van der Waals surface area contributed by atoms with Crippen molar-refractivity contribution in [2.24, 2.45) is 0 Å². The van der Waals surface area contributed by atoms with Crippen molar-refractivity contribution in [2.75, 3.05) is 23.4 Å². The van der Waals surface area contributed by atoms with Gasteiger partial charge in [0.05, 0.1) is 11.2 Å². The molecular formula is C20H23NO2S2. The van der Waals surface area contributed by atoms with Gasteiger partial charge in [-0.25, -0.2) is 0 Å². The topological polar surface area (TPSA) is 38.3 Å². The molecule has 1 saturated heterocycles. The van der Waals surface area contributed by atoms with Gasteiger partial charge in [-0.15, -0.1) is 23.5 Å². The second kappa shape index (κ2) is 9.78. The standard InChI is InChI=1S/C20H23NO2S2/c22-19(11-5-12-23-18-9-2-1-3-10-18)21-17-8-4-7-16(15-17)20-24-13-6-14-25-20/h1-4,7-10,15,20H,5-6,11-14H2,(H,21,22). The maximum atomic E-state index is 12.1. The normalized spacial score (nSPS) is 14.9. The largest absolute Gasteiger partial charge is 0.494 e. The molecule has 3 rings (SSSR count). The summed E-state index contributed by atoms with van der Waals surface area (Å²) in [6.45, 7) is 0.548. The number of amides is 1. The molecule has 0 unspecified atom stereocenters. The zero-order valence-corrected chi connectivity index (χ0v) is 15.8. The number of carbonyl (C=O) groups excluding carboxylic acids is 1. The van der Waals surface area contributed by atoms with E-state index in [2.05, 4.69) is 17.4 Å². The second-order valence-corrected chi connectivity index (χ2v) is 8.59. The summed E-state index contributed by atoms with van der Waals surface area (Å²) in [5, 5.41) is 3.01. The lowest BCUT2D eigenvalue weighted by Crippen LogP contribution is -2.13. The Kier molecular flexibility index (Phi) is 7.12. The zero-order valence-electron chi connectivity index (χ0n) is 14.1. The molecule has 0 atom stereocenters. The number of nitrogens with one attached hydrogen (secondary N) is 1. The van der Waals surface area contributed by atoms with E-state index in [1.807, 2.05) is 66.0 Å². The van der Waals surface area contributed by atoms with Crippen LogP contribution in [0.5, 0.6) is 5.75 Å². The van der Waals surface area contributed by atoms with E-state index < -0.39 is 0 Å². The Morgan fingerprint density at radius 2 is 1.88 bits per heavy atom. The van der Waals surface area contributed by atoms with Crippen LogP contribution in [0.3, 0.4) is 0 Å². The highest BCUT2D eigenvalue weighted by atomic mass is 32.2. The minimum absolute atomic E-state index is 0.0396. The van der Waals surface area contributed by atoms with Gasteiger partial charge in [0, 0.05) is 12.1 Å². The monoisotopic (exact) mass is 373 g/mol. The van der Waals surface area contributed by atoms with Gasteiger partial charge in [0.2, 0.25) is 5.91 Å². The quantitative estimate of drug-likeness (QED) is 0.664. The lowest BCUT2D eigenvalue weighted by atomic mass is 10.2. The van der Waals surface area contributed by atoms with Crippen molar-refractivity contribution in [1.29, 1.82) is 0 Å². The molecule has 132 valence electrons. The molecular weight excluding hydrogens is 350 g/mol. The first-order chi connectivity index (χ1) is 12.3. The van der Waals surface area contributed by atoms with Crippen LogP contribution in [-0.4, -0.2) is 24.0 Å². The van der Waals surface area contributed by atoms with E-state index in [-0.39, 0.29) is 5.91 Å². The number of hydrogen-bond donors (Lipinski definition) is 1. The van der Waals surface area contributed by atoms with Crippen LogP contribution >= 0.6 is 23.5 Å². The third-order valence-electron chi connectivity index (χ3n) is 3.83. The molecule has 0 bridgehead atoms. The molecule has 1 fully saturated rings. The van der Waals surface area contributed by atoms with Crippen LogP contribution in [0.1, 0.15) is 29.4 Å². The molecule has 25 heavy (non-hydrogen) atoms. The van der Waals surface area contributed by atoms with Crippen molar-refractivity contribution >= 4 is 35.1 Å². The molecule has 1 aliphatic heterocycles. The van der Waals surface area contributed by atoms with Crippen molar-refractivity contribution in [2.45, 2.75) is 23.8 Å². The van der Waals surface area contributed by atoms with Gasteiger partial charge in [-0.2, -0.15) is 0 Å². The first-order valence-electron chi connectivity index (χ1n) is 8.62. The minimum Gasteiger partial charge on any atom is -0.494 e. The summed E-state index contributed by atoms with van der Waals surface area (Å²) in [5.74, 6) is 3.32. The third kappa shape index (κ3) is 6.01. The summed E-state index contributed by atoms with van der Waals surface area (Å²) in [6.07, 6.45) is 2.45. The molecule has 0 saturated carbocycles. The maximum Gasteiger partial charge on any atom is 0.224 e. The van der Waals surface area contributed by atoms with Gasteiger partial charge < -0.3 is 10.1 Å². The number of hydrogen-bond acceptors (Lipinski definition) is 4. The molecule has 1 amide bonds. The third-order valence-corrected chi connectivity index (χ3v) is 6.84. The van der Waals surface area contributed by atoms with E-state index in [9.17, 15) is 4.79 Å². The van der Waals surface area contributed by atoms with Gasteiger partial charge in [-0.1, -0.05) is 30.3 Å². The molecule has 0 spiro atoms. The van der Waals surface area contributed by atoms with E-state index in [0.717, 1.165) is 11.4 Å². The molecule has 1 N–H and O–H groups in total. The molecule has 3 nitrogen and oxygen atoms in total. The van der Waals surface area contributed by atoms with Crippen molar-refractivity contribution < 1.29 is 9.53 Å². The molecule has 1 aliphatic rings. The molecule has 2 aromatic carbocycles. The first kappa shape index (κ1) is 18.2. The van der Waals surface area contributed by atoms with Crippen molar-refractivity contribution in [3.8, 4) is 5.75 Å². The smallest absolute Gasteiger partial charge is 0.224 e. The van der Waals surface area contributed by atoms with Gasteiger partial charge >= 0.3 is 0 Å². The molecule has 0 radical (unpaired) electrons. The fraction of sp³-hybridized carbons (Fsp3) is 0.350. The van der Waals surface area contributed by atoms with E-state index in [1.165, 1.54) is 23.5 Å². The maximum absolute atomic E-state index is 12.1. The predicted molar refractivity (Wildman–Crippen MR) is 109 cm³/mol. The highest BCUT2D eigenvalue weighted by molar-refractivity contribution is 8.16. The van der Waals surface area contributed by atoms with Gasteiger partial charge in [-0.3, -0.25) is 4.79 Å². The van der Waals surface area contributed by atoms with E-state index in [4.69, 9.17) is 4.74 Å². The van der Waals surface area contributed by atoms with Gasteiger partial charge in [0.1, 0.15) is 5.75 Å². The fourth-order valence-corrected chi connectivity index (χ4v) is 5.48. The van der Waals surface area contributed by atoms with Gasteiger partial charge in [0.25, 0.3) is 0 Å². The minimum atomic E-state index is 0.0396. The predicted octanol–water partition coefficient (Wildman–Crippen LogP) is 5.35. The number of para-hydroxylation sites is 1. The average Bonchev–Trinajstić information content (AvgIpc) is 2.67. The van der Waals surface area contributed by atoms with E-state index >= 15 is 0 Å². The van der Waals surface area contributed by atoms with Crippen LogP contribution < -0.4 is 10.1 Å². The molecule has 2 aromatic rings. The summed E-state index contributed by atoms with van der Waals surface area (Å²) in [4.78, 5) is 12.1. The summed E-state index contributed by atoms with van der Waals surface area (Å²) in [6, 6.07) is 17.9. The SMILES string of the molecule is O=C(CCCOc1ccccc1)Nc1cccc(C2SCCCS2)c1. The molecule has 5 heteroatoms. The van der Waals surface area contributed by atoms with Crippen molar-refractivity contribution in [1.82, 2.24) is 0 Å². The summed E-state index contributed by atoms with van der Waals surface area (Å²) in [7, 11) is 0. The number of benzene rings is 2. The molecule has 0 aliphatic carbocycles. The van der Waals surface area contributed by atoms with E-state index in [1.54, 1.807) is 0 Å². The Hall–Kier alpha value is -1.59. The zero-order chi connectivity index (χ0) is 17.3. The number of carbonyl (C=O) groups is 1. The summed E-state index contributed by atoms with van der Waals surface area (Å²) < 4.78 is 6.11. The Bertz CT molecular complexity index is 672. The number of thioether (sulfide) groups is 2. The average molecular weight is 374 g/mol. The highest BCUT2D eigenvalue weighted by Crippen LogP contribution is 2.44. The van der Waals surface area contributed by atoms with E-state index in [0.29, 0.717) is 24.0 Å². The first-order valence-corrected chi connectivity index (χ1v) is 10.7. The van der Waals surface area contributed by atoms with Crippen LogP contribution in [0.4, 0.5) is 5.69 Å². The Morgan fingerprint density at radius 3 is 2.68 bits per heavy atom.